The fourth-order valence-electron chi connectivity index (χ4n) is 1.14. The maximum absolute atomic E-state index is 5.86. The molecule has 0 saturated carbocycles. The largest absolute Gasteiger partial charge is 0.467 e. The van der Waals surface area contributed by atoms with Crippen LogP contribution in [0.2, 0.25) is 0 Å². The van der Waals surface area contributed by atoms with Crippen LogP contribution in [0.3, 0.4) is 0 Å². The average molecular weight is 181 g/mol. The van der Waals surface area contributed by atoms with Gasteiger partial charge in [0.1, 0.15) is 5.76 Å². The van der Waals surface area contributed by atoms with Crippen LogP contribution in [0, 0.1) is 0 Å². The molecule has 0 bridgehead atoms. The van der Waals surface area contributed by atoms with Crippen LogP contribution >= 0.6 is 0 Å². The molecule has 2 heteroatoms. The van der Waals surface area contributed by atoms with Gasteiger partial charge in [0, 0.05) is 0 Å². The molecule has 0 aromatic carbocycles. The van der Waals surface area contributed by atoms with Gasteiger partial charge < -0.3 is 10.2 Å². The monoisotopic (exact) mass is 181 g/mol. The molecule has 74 valence electrons. The van der Waals surface area contributed by atoms with Crippen molar-refractivity contribution >= 4 is 0 Å². The van der Waals surface area contributed by atoms with Crippen LogP contribution in [0.15, 0.2) is 16.7 Å². The van der Waals surface area contributed by atoms with Crippen molar-refractivity contribution in [3.05, 3.63) is 23.7 Å². The minimum Gasteiger partial charge on any atom is -0.467 e. The van der Waals surface area contributed by atoms with E-state index in [4.69, 9.17) is 10.2 Å². The molecule has 1 atom stereocenters. The van der Waals surface area contributed by atoms with Crippen molar-refractivity contribution in [1.29, 1.82) is 0 Å². The first-order valence-electron chi connectivity index (χ1n) is 4.79. The molecular weight excluding hydrogens is 162 g/mol. The number of hydrogen-bond acceptors (Lipinski definition) is 2. The van der Waals surface area contributed by atoms with Crippen molar-refractivity contribution in [2.75, 3.05) is 0 Å². The molecule has 0 fully saturated rings. The Bertz CT molecular complexity index is 270. The molecule has 1 aromatic rings. The van der Waals surface area contributed by atoms with Crippen molar-refractivity contribution in [2.24, 2.45) is 5.73 Å². The summed E-state index contributed by atoms with van der Waals surface area (Å²) < 4.78 is 5.42. The van der Waals surface area contributed by atoms with Crippen molar-refractivity contribution in [3.63, 3.8) is 0 Å². The van der Waals surface area contributed by atoms with Gasteiger partial charge in [-0.05, 0) is 23.5 Å². The Morgan fingerprint density at radius 3 is 2.46 bits per heavy atom. The second-order valence-corrected chi connectivity index (χ2v) is 4.50. The summed E-state index contributed by atoms with van der Waals surface area (Å²) in [5, 5.41) is 0. The number of hydrogen-bond donors (Lipinski definition) is 1. The zero-order chi connectivity index (χ0) is 10.1. The molecule has 13 heavy (non-hydrogen) atoms. The maximum Gasteiger partial charge on any atom is 0.120 e. The van der Waals surface area contributed by atoms with E-state index >= 15 is 0 Å². The summed E-state index contributed by atoms with van der Waals surface area (Å²) in [5.41, 5.74) is 7.22. The van der Waals surface area contributed by atoms with Gasteiger partial charge >= 0.3 is 0 Å². The molecule has 0 aliphatic rings. The number of rotatable bonds is 2. The van der Waals surface area contributed by atoms with E-state index < -0.39 is 0 Å². The third-order valence-corrected chi connectivity index (χ3v) is 2.29. The standard InChI is InChI=1S/C11H19NO/c1-5-9(12)10-6-8(7-13-10)11(2,3)4/h6-7,9H,5,12H2,1-4H3. The van der Waals surface area contributed by atoms with Gasteiger partial charge in [-0.1, -0.05) is 27.7 Å². The van der Waals surface area contributed by atoms with Crippen LogP contribution in [0.5, 0.6) is 0 Å². The minimum absolute atomic E-state index is 0.0381. The molecule has 2 nitrogen and oxygen atoms in total. The zero-order valence-corrected chi connectivity index (χ0v) is 8.92. The van der Waals surface area contributed by atoms with Crippen LogP contribution in [0.4, 0.5) is 0 Å². The highest BCUT2D eigenvalue weighted by Gasteiger charge is 2.18. The van der Waals surface area contributed by atoms with Crippen molar-refractivity contribution in [1.82, 2.24) is 0 Å². The Labute approximate surface area is 80.1 Å². The smallest absolute Gasteiger partial charge is 0.120 e. The molecule has 2 N–H and O–H groups in total. The van der Waals surface area contributed by atoms with Crippen molar-refractivity contribution in [3.8, 4) is 0 Å². The first kappa shape index (κ1) is 10.3. The minimum atomic E-state index is 0.0381. The van der Waals surface area contributed by atoms with Crippen molar-refractivity contribution in [2.45, 2.75) is 45.6 Å². The van der Waals surface area contributed by atoms with Gasteiger partial charge in [0.05, 0.1) is 12.3 Å². The Morgan fingerprint density at radius 2 is 2.08 bits per heavy atom. The summed E-state index contributed by atoms with van der Waals surface area (Å²) in [5.74, 6) is 0.896. The molecule has 1 unspecified atom stereocenters. The summed E-state index contributed by atoms with van der Waals surface area (Å²) in [6.07, 6.45) is 2.72. The van der Waals surface area contributed by atoms with E-state index in [1.807, 2.05) is 6.26 Å². The summed E-state index contributed by atoms with van der Waals surface area (Å²) in [6.45, 7) is 8.56. The molecule has 0 amide bonds. The lowest BCUT2D eigenvalue weighted by molar-refractivity contribution is 0.456. The van der Waals surface area contributed by atoms with E-state index in [9.17, 15) is 0 Å². The lowest BCUT2D eigenvalue weighted by Gasteiger charge is -2.14. The fourth-order valence-corrected chi connectivity index (χ4v) is 1.14. The molecule has 0 aliphatic carbocycles. The molecule has 0 spiro atoms. The quantitative estimate of drug-likeness (QED) is 0.761. The average Bonchev–Trinajstić information content (AvgIpc) is 2.50. The zero-order valence-electron chi connectivity index (χ0n) is 8.92. The topological polar surface area (TPSA) is 39.2 Å². The second-order valence-electron chi connectivity index (χ2n) is 4.50. The van der Waals surface area contributed by atoms with Gasteiger partial charge in [-0.25, -0.2) is 0 Å². The van der Waals surface area contributed by atoms with Gasteiger partial charge in [-0.15, -0.1) is 0 Å². The van der Waals surface area contributed by atoms with E-state index in [1.54, 1.807) is 0 Å². The van der Waals surface area contributed by atoms with Crippen LogP contribution in [0.25, 0.3) is 0 Å². The molecule has 0 saturated heterocycles. The molecule has 1 aromatic heterocycles. The predicted octanol–water partition coefficient (Wildman–Crippen LogP) is 2.99. The Kier molecular flexibility index (Phi) is 2.81. The SMILES string of the molecule is CCC(N)c1cc(C(C)(C)C)co1. The first-order chi connectivity index (χ1) is 5.95. The summed E-state index contributed by atoms with van der Waals surface area (Å²) in [6, 6.07) is 2.10. The summed E-state index contributed by atoms with van der Waals surface area (Å²) >= 11 is 0. The van der Waals surface area contributed by atoms with Gasteiger partial charge in [0.2, 0.25) is 0 Å². The highest BCUT2D eigenvalue weighted by atomic mass is 16.3. The van der Waals surface area contributed by atoms with E-state index in [0.717, 1.165) is 12.2 Å². The van der Waals surface area contributed by atoms with Crippen LogP contribution in [0.1, 0.15) is 51.5 Å². The van der Waals surface area contributed by atoms with E-state index in [0.29, 0.717) is 0 Å². The van der Waals surface area contributed by atoms with Gasteiger partial charge in [0.25, 0.3) is 0 Å². The summed E-state index contributed by atoms with van der Waals surface area (Å²) in [4.78, 5) is 0. The highest BCUT2D eigenvalue weighted by molar-refractivity contribution is 5.22. The van der Waals surface area contributed by atoms with E-state index in [2.05, 4.69) is 33.8 Å². The molecule has 0 radical (unpaired) electrons. The second kappa shape index (κ2) is 3.54. The van der Waals surface area contributed by atoms with Crippen molar-refractivity contribution < 1.29 is 4.42 Å². The first-order valence-corrected chi connectivity index (χ1v) is 4.79. The normalized spacial score (nSPS) is 14.5. The molecular formula is C11H19NO. The Balaban J connectivity index is 2.87. The maximum atomic E-state index is 5.86. The van der Waals surface area contributed by atoms with Gasteiger partial charge in [-0.3, -0.25) is 0 Å². The highest BCUT2D eigenvalue weighted by Crippen LogP contribution is 2.26. The van der Waals surface area contributed by atoms with E-state index in [1.165, 1.54) is 5.56 Å². The van der Waals surface area contributed by atoms with Crippen LogP contribution in [-0.2, 0) is 5.41 Å². The Morgan fingerprint density at radius 1 is 1.46 bits per heavy atom. The van der Waals surface area contributed by atoms with Crippen LogP contribution < -0.4 is 5.73 Å². The fraction of sp³-hybridized carbons (Fsp3) is 0.636. The van der Waals surface area contributed by atoms with Gasteiger partial charge in [-0.2, -0.15) is 0 Å². The molecule has 1 rings (SSSR count). The Hall–Kier alpha value is -0.760. The number of furan rings is 1. The predicted molar refractivity (Wildman–Crippen MR) is 54.6 cm³/mol. The number of nitrogens with two attached hydrogens (primary N) is 1. The third kappa shape index (κ3) is 2.34. The summed E-state index contributed by atoms with van der Waals surface area (Å²) in [7, 11) is 0. The molecule has 1 heterocycles. The van der Waals surface area contributed by atoms with Gasteiger partial charge in [0.15, 0.2) is 0 Å². The van der Waals surface area contributed by atoms with Crippen LogP contribution in [-0.4, -0.2) is 0 Å². The van der Waals surface area contributed by atoms with E-state index in [-0.39, 0.29) is 11.5 Å². The third-order valence-electron chi connectivity index (χ3n) is 2.29. The lowest BCUT2D eigenvalue weighted by Crippen LogP contribution is -2.10. The molecule has 0 aliphatic heterocycles. The lowest BCUT2D eigenvalue weighted by atomic mass is 9.89.